The van der Waals surface area contributed by atoms with Crippen molar-refractivity contribution in [1.29, 1.82) is 0 Å². The quantitative estimate of drug-likeness (QED) is 0.641. The first-order chi connectivity index (χ1) is 14.0. The molecule has 1 heterocycles. The van der Waals surface area contributed by atoms with Crippen molar-refractivity contribution in [3.63, 3.8) is 0 Å². The van der Waals surface area contributed by atoms with Crippen LogP contribution in [0, 0.1) is 11.6 Å². The molecule has 0 spiro atoms. The summed E-state index contributed by atoms with van der Waals surface area (Å²) >= 11 is 0. The van der Waals surface area contributed by atoms with E-state index in [9.17, 15) is 13.6 Å². The van der Waals surface area contributed by atoms with Crippen LogP contribution < -0.4 is 0 Å². The Labute approximate surface area is 171 Å². The summed E-state index contributed by atoms with van der Waals surface area (Å²) in [6, 6.07) is 12.5. The summed E-state index contributed by atoms with van der Waals surface area (Å²) < 4.78 is 32.8. The third kappa shape index (κ3) is 6.70. The molecule has 0 aromatic heterocycles. The van der Waals surface area contributed by atoms with Crippen LogP contribution in [0.4, 0.5) is 8.78 Å². The molecule has 0 unspecified atom stereocenters. The molecule has 6 heteroatoms. The number of hydrogen-bond donors (Lipinski definition) is 0. The average Bonchev–Trinajstić information content (AvgIpc) is 2.72. The van der Waals surface area contributed by atoms with E-state index in [-0.39, 0.29) is 23.5 Å². The van der Waals surface area contributed by atoms with Gasteiger partial charge in [0, 0.05) is 45.7 Å². The summed E-state index contributed by atoms with van der Waals surface area (Å²) in [5, 5.41) is 0. The Bertz CT molecular complexity index is 727. The van der Waals surface area contributed by atoms with E-state index in [2.05, 4.69) is 9.80 Å². The summed E-state index contributed by atoms with van der Waals surface area (Å²) in [5.74, 6) is -0.364. The molecule has 3 rings (SSSR count). The highest BCUT2D eigenvalue weighted by molar-refractivity contribution is 5.75. The molecule has 0 atom stereocenters. The Morgan fingerprint density at radius 2 is 1.31 bits per heavy atom. The number of nitrogens with zero attached hydrogens (tertiary/aromatic N) is 2. The molecular formula is C23H28F2N2O2. The highest BCUT2D eigenvalue weighted by Gasteiger charge is 2.19. The Balaban J connectivity index is 1.53. The predicted molar refractivity (Wildman–Crippen MR) is 109 cm³/mol. The van der Waals surface area contributed by atoms with E-state index < -0.39 is 0 Å². The van der Waals surface area contributed by atoms with Crippen molar-refractivity contribution in [3.8, 4) is 0 Å². The number of rotatable bonds is 9. The van der Waals surface area contributed by atoms with Gasteiger partial charge in [-0.05, 0) is 42.3 Å². The lowest BCUT2D eigenvalue weighted by molar-refractivity contribution is -0.117. The number of ketones is 1. The number of halogens is 2. The van der Waals surface area contributed by atoms with Gasteiger partial charge < -0.3 is 9.64 Å². The Hall–Kier alpha value is -2.15. The second-order valence-corrected chi connectivity index (χ2v) is 7.49. The van der Waals surface area contributed by atoms with Gasteiger partial charge in [0.05, 0.1) is 6.61 Å². The van der Waals surface area contributed by atoms with Crippen molar-refractivity contribution in [3.05, 3.63) is 71.3 Å². The first-order valence-corrected chi connectivity index (χ1v) is 10.1. The molecule has 0 N–H and O–H groups in total. The maximum Gasteiger partial charge on any atom is 0.131 e. The van der Waals surface area contributed by atoms with Gasteiger partial charge in [0.1, 0.15) is 23.5 Å². The monoisotopic (exact) mass is 402 g/mol. The van der Waals surface area contributed by atoms with E-state index >= 15 is 0 Å². The molecule has 2 aromatic carbocycles. The van der Waals surface area contributed by atoms with E-state index in [0.29, 0.717) is 13.0 Å². The zero-order valence-corrected chi connectivity index (χ0v) is 16.8. The fourth-order valence-electron chi connectivity index (χ4n) is 3.51. The lowest BCUT2D eigenvalue weighted by Crippen LogP contribution is -2.47. The highest BCUT2D eigenvalue weighted by Crippen LogP contribution is 2.26. The first kappa shape index (κ1) is 21.6. The molecule has 0 saturated carbocycles. The van der Waals surface area contributed by atoms with E-state index in [1.54, 1.807) is 31.2 Å². The molecule has 1 aliphatic heterocycles. The number of Topliss-reactive ketones (excluding diaryl/α,β-unsaturated/α-hetero) is 1. The van der Waals surface area contributed by atoms with Crippen molar-refractivity contribution >= 4 is 5.78 Å². The fraction of sp³-hybridized carbons (Fsp3) is 0.435. The van der Waals surface area contributed by atoms with Crippen LogP contribution in [0.1, 0.15) is 30.6 Å². The molecule has 0 radical (unpaired) electrons. The summed E-state index contributed by atoms with van der Waals surface area (Å²) in [6.45, 7) is 7.56. The molecule has 0 bridgehead atoms. The van der Waals surface area contributed by atoms with Crippen LogP contribution in [0.25, 0.3) is 0 Å². The molecule has 1 fully saturated rings. The van der Waals surface area contributed by atoms with Gasteiger partial charge in [-0.3, -0.25) is 9.69 Å². The fourth-order valence-corrected chi connectivity index (χ4v) is 3.51. The summed E-state index contributed by atoms with van der Waals surface area (Å²) in [7, 11) is 0. The molecule has 1 aliphatic rings. The molecule has 29 heavy (non-hydrogen) atoms. The van der Waals surface area contributed by atoms with Crippen LogP contribution in [0.2, 0.25) is 0 Å². The zero-order valence-electron chi connectivity index (χ0n) is 16.8. The van der Waals surface area contributed by atoms with Crippen molar-refractivity contribution in [2.24, 2.45) is 0 Å². The smallest absolute Gasteiger partial charge is 0.131 e. The third-order valence-corrected chi connectivity index (χ3v) is 5.28. The van der Waals surface area contributed by atoms with Gasteiger partial charge in [-0.2, -0.15) is 0 Å². The lowest BCUT2D eigenvalue weighted by Gasteiger charge is -2.34. The normalized spacial score (nSPS) is 15.7. The van der Waals surface area contributed by atoms with Crippen LogP contribution in [0.15, 0.2) is 48.5 Å². The second-order valence-electron chi connectivity index (χ2n) is 7.49. The molecule has 0 amide bonds. The van der Waals surface area contributed by atoms with Gasteiger partial charge in [0.2, 0.25) is 0 Å². The van der Waals surface area contributed by atoms with E-state index in [4.69, 9.17) is 4.74 Å². The van der Waals surface area contributed by atoms with Crippen molar-refractivity contribution < 1.29 is 18.3 Å². The molecule has 0 aliphatic carbocycles. The van der Waals surface area contributed by atoms with Crippen molar-refractivity contribution in [1.82, 2.24) is 9.80 Å². The van der Waals surface area contributed by atoms with E-state index in [1.807, 2.05) is 0 Å². The molecule has 156 valence electrons. The Morgan fingerprint density at radius 3 is 1.76 bits per heavy atom. The first-order valence-electron chi connectivity index (χ1n) is 10.1. The summed E-state index contributed by atoms with van der Waals surface area (Å²) in [4.78, 5) is 15.8. The minimum atomic E-state index is -0.368. The minimum absolute atomic E-state index is 0.230. The maximum atomic E-state index is 13.3. The number of benzene rings is 2. The van der Waals surface area contributed by atoms with E-state index in [0.717, 1.165) is 50.4 Å². The zero-order chi connectivity index (χ0) is 20.6. The minimum Gasteiger partial charge on any atom is -0.367 e. The maximum absolute atomic E-state index is 13.3. The average molecular weight is 402 g/mol. The number of hydrogen-bond acceptors (Lipinski definition) is 4. The van der Waals surface area contributed by atoms with Gasteiger partial charge in [-0.15, -0.1) is 0 Å². The number of ether oxygens (including phenoxy) is 1. The van der Waals surface area contributed by atoms with Crippen LogP contribution in [-0.4, -0.2) is 61.5 Å². The summed E-state index contributed by atoms with van der Waals surface area (Å²) in [5.41, 5.74) is 1.68. The van der Waals surface area contributed by atoms with Crippen LogP contribution in [0.3, 0.4) is 0 Å². The van der Waals surface area contributed by atoms with Gasteiger partial charge in [-0.1, -0.05) is 24.3 Å². The van der Waals surface area contributed by atoms with Crippen LogP contribution in [-0.2, 0) is 9.53 Å². The van der Waals surface area contributed by atoms with E-state index in [1.165, 1.54) is 24.3 Å². The largest absolute Gasteiger partial charge is 0.367 e. The number of carbonyl (C=O) groups is 1. The van der Waals surface area contributed by atoms with Gasteiger partial charge >= 0.3 is 0 Å². The van der Waals surface area contributed by atoms with Crippen LogP contribution >= 0.6 is 0 Å². The second kappa shape index (κ2) is 10.6. The standard InChI is InChI=1S/C23H28F2N2O2/c1-18(28)10-11-26-12-14-27(15-13-26)16-17-29-23(19-2-6-21(24)7-3-19)20-4-8-22(25)9-5-20/h2-9,23H,10-17H2,1H3. The molecular weight excluding hydrogens is 374 g/mol. The van der Waals surface area contributed by atoms with Crippen molar-refractivity contribution in [2.75, 3.05) is 45.9 Å². The Morgan fingerprint density at radius 1 is 0.862 bits per heavy atom. The predicted octanol–water partition coefficient (Wildman–Crippen LogP) is 3.67. The topological polar surface area (TPSA) is 32.8 Å². The van der Waals surface area contributed by atoms with Gasteiger partial charge in [0.15, 0.2) is 0 Å². The molecule has 4 nitrogen and oxygen atoms in total. The van der Waals surface area contributed by atoms with Crippen molar-refractivity contribution in [2.45, 2.75) is 19.4 Å². The Kier molecular flexibility index (Phi) is 7.86. The summed E-state index contributed by atoms with van der Waals surface area (Å²) in [6.07, 6.45) is 0.244. The number of carbonyl (C=O) groups excluding carboxylic acids is 1. The molecule has 2 aromatic rings. The third-order valence-electron chi connectivity index (χ3n) is 5.28. The highest BCUT2D eigenvalue weighted by atomic mass is 19.1. The molecule has 1 saturated heterocycles. The number of piperazine rings is 1. The van der Waals surface area contributed by atoms with Gasteiger partial charge in [0.25, 0.3) is 0 Å². The van der Waals surface area contributed by atoms with Crippen LogP contribution in [0.5, 0.6) is 0 Å². The lowest BCUT2D eigenvalue weighted by atomic mass is 10.0. The SMILES string of the molecule is CC(=O)CCN1CCN(CCOC(c2ccc(F)cc2)c2ccc(F)cc2)CC1. The van der Waals surface area contributed by atoms with Gasteiger partial charge in [-0.25, -0.2) is 8.78 Å².